The Morgan fingerprint density at radius 1 is 1.15 bits per heavy atom. The Morgan fingerprint density at radius 2 is 1.81 bits per heavy atom. The van der Waals surface area contributed by atoms with Crippen LogP contribution >= 0.6 is 11.6 Å². The Labute approximate surface area is 164 Å². The highest BCUT2D eigenvalue weighted by atomic mass is 35.5. The molecule has 2 aromatic carbocycles. The number of ether oxygens (including phenoxy) is 3. The molecule has 0 aromatic heterocycles. The first-order chi connectivity index (χ1) is 13.0. The molecule has 1 N–H and O–H groups in total. The molecule has 0 aliphatic carbocycles. The Bertz CT molecular complexity index is 822. The molecule has 0 heterocycles. The summed E-state index contributed by atoms with van der Waals surface area (Å²) in [5.41, 5.74) is 4.05. The normalized spacial score (nSPS) is 10.9. The summed E-state index contributed by atoms with van der Waals surface area (Å²) in [6.45, 7) is 4.00. The number of benzene rings is 2. The average Bonchev–Trinajstić information content (AvgIpc) is 2.67. The lowest BCUT2D eigenvalue weighted by molar-refractivity contribution is -0.123. The lowest BCUT2D eigenvalue weighted by Crippen LogP contribution is -2.24. The Balaban J connectivity index is 1.96. The minimum Gasteiger partial charge on any atom is -0.493 e. The van der Waals surface area contributed by atoms with Crippen LogP contribution in [0.4, 0.5) is 0 Å². The molecule has 0 unspecified atom stereocenters. The minimum absolute atomic E-state index is 0.138. The predicted octanol–water partition coefficient (Wildman–Crippen LogP) is 4.01. The van der Waals surface area contributed by atoms with Gasteiger partial charge in [0, 0.05) is 11.6 Å². The Hall–Kier alpha value is -2.73. The molecular weight excluding hydrogens is 368 g/mol. The molecule has 144 valence electrons. The zero-order valence-corrected chi connectivity index (χ0v) is 16.5. The Morgan fingerprint density at radius 3 is 2.48 bits per heavy atom. The third-order valence-corrected chi connectivity index (χ3v) is 4.12. The quantitative estimate of drug-likeness (QED) is 0.546. The lowest BCUT2D eigenvalue weighted by atomic mass is 10.0. The molecular formula is C20H23ClN2O4. The topological polar surface area (TPSA) is 69.2 Å². The molecule has 1 amide bonds. The monoisotopic (exact) mass is 390 g/mol. The van der Waals surface area contributed by atoms with Crippen molar-refractivity contribution < 1.29 is 19.0 Å². The highest BCUT2D eigenvalue weighted by Gasteiger charge is 2.10. The predicted molar refractivity (Wildman–Crippen MR) is 106 cm³/mol. The van der Waals surface area contributed by atoms with Gasteiger partial charge in [-0.2, -0.15) is 5.10 Å². The van der Waals surface area contributed by atoms with Crippen LogP contribution in [0.15, 0.2) is 41.5 Å². The van der Waals surface area contributed by atoms with Crippen LogP contribution in [0.3, 0.4) is 0 Å². The van der Waals surface area contributed by atoms with Gasteiger partial charge in [0.25, 0.3) is 5.91 Å². The highest BCUT2D eigenvalue weighted by Crippen LogP contribution is 2.32. The SMILES string of the molecule is COc1cc(Cl)c(/C=N/NC(=O)COc2ccccc2C(C)C)cc1OC. The number of amides is 1. The summed E-state index contributed by atoms with van der Waals surface area (Å²) in [5.74, 6) is 1.65. The van der Waals surface area contributed by atoms with Gasteiger partial charge in [0.15, 0.2) is 18.1 Å². The largest absolute Gasteiger partial charge is 0.493 e. The van der Waals surface area contributed by atoms with Crippen LogP contribution in [0.2, 0.25) is 5.02 Å². The third kappa shape index (κ3) is 5.62. The van der Waals surface area contributed by atoms with Crippen molar-refractivity contribution in [2.24, 2.45) is 5.10 Å². The van der Waals surface area contributed by atoms with E-state index in [1.807, 2.05) is 24.3 Å². The average molecular weight is 391 g/mol. The summed E-state index contributed by atoms with van der Waals surface area (Å²) in [6, 6.07) is 10.9. The standard InChI is InChI=1S/C20H23ClN2O4/c1-13(2)15-7-5-6-8-17(15)27-12-20(24)23-22-11-14-9-18(25-3)19(26-4)10-16(14)21/h5-11,13H,12H2,1-4H3,(H,23,24)/b22-11+. The summed E-state index contributed by atoms with van der Waals surface area (Å²) in [4.78, 5) is 12.0. The third-order valence-electron chi connectivity index (χ3n) is 3.80. The molecule has 0 aliphatic heterocycles. The van der Waals surface area contributed by atoms with E-state index < -0.39 is 0 Å². The fourth-order valence-electron chi connectivity index (χ4n) is 2.41. The molecule has 0 bridgehead atoms. The van der Waals surface area contributed by atoms with Gasteiger partial charge in [0.1, 0.15) is 5.75 Å². The molecule has 0 aliphatic rings. The van der Waals surface area contributed by atoms with Gasteiger partial charge >= 0.3 is 0 Å². The number of hydrogen-bond acceptors (Lipinski definition) is 5. The fourth-order valence-corrected chi connectivity index (χ4v) is 2.61. The van der Waals surface area contributed by atoms with E-state index in [-0.39, 0.29) is 12.5 Å². The van der Waals surface area contributed by atoms with E-state index in [1.165, 1.54) is 20.4 Å². The van der Waals surface area contributed by atoms with E-state index in [0.717, 1.165) is 5.56 Å². The maximum Gasteiger partial charge on any atom is 0.277 e. The van der Waals surface area contributed by atoms with Gasteiger partial charge in [-0.25, -0.2) is 5.43 Å². The van der Waals surface area contributed by atoms with Crippen molar-refractivity contribution in [2.45, 2.75) is 19.8 Å². The highest BCUT2D eigenvalue weighted by molar-refractivity contribution is 6.33. The second kappa shape index (κ2) is 9.83. The smallest absolute Gasteiger partial charge is 0.277 e. The lowest BCUT2D eigenvalue weighted by Gasteiger charge is -2.13. The van der Waals surface area contributed by atoms with Crippen LogP contribution in [0, 0.1) is 0 Å². The van der Waals surface area contributed by atoms with Gasteiger partial charge < -0.3 is 14.2 Å². The minimum atomic E-state index is -0.374. The number of para-hydroxylation sites is 1. The maximum absolute atomic E-state index is 12.0. The van der Waals surface area contributed by atoms with Crippen molar-refractivity contribution in [1.82, 2.24) is 5.43 Å². The molecule has 0 saturated carbocycles. The number of hydrogen-bond donors (Lipinski definition) is 1. The first-order valence-corrected chi connectivity index (χ1v) is 8.79. The van der Waals surface area contributed by atoms with Crippen molar-refractivity contribution in [2.75, 3.05) is 20.8 Å². The number of nitrogens with zero attached hydrogens (tertiary/aromatic N) is 1. The van der Waals surface area contributed by atoms with Crippen LogP contribution in [0.25, 0.3) is 0 Å². The first-order valence-electron chi connectivity index (χ1n) is 8.41. The van der Waals surface area contributed by atoms with Gasteiger partial charge in [0.2, 0.25) is 0 Å². The summed E-state index contributed by atoms with van der Waals surface area (Å²) in [6.07, 6.45) is 1.43. The molecule has 0 fully saturated rings. The second-order valence-electron chi connectivity index (χ2n) is 6.00. The van der Waals surface area contributed by atoms with Crippen molar-refractivity contribution in [3.05, 3.63) is 52.5 Å². The molecule has 7 heteroatoms. The van der Waals surface area contributed by atoms with Crippen LogP contribution in [0.5, 0.6) is 17.2 Å². The molecule has 0 saturated heterocycles. The molecule has 0 radical (unpaired) electrons. The number of nitrogens with one attached hydrogen (secondary N) is 1. The molecule has 27 heavy (non-hydrogen) atoms. The van der Waals surface area contributed by atoms with Gasteiger partial charge in [-0.15, -0.1) is 0 Å². The van der Waals surface area contributed by atoms with E-state index in [0.29, 0.717) is 33.8 Å². The van der Waals surface area contributed by atoms with Gasteiger partial charge in [0.05, 0.1) is 25.5 Å². The number of carbonyl (C=O) groups excluding carboxylic acids is 1. The van der Waals surface area contributed by atoms with Gasteiger partial charge in [-0.1, -0.05) is 43.6 Å². The zero-order chi connectivity index (χ0) is 19.8. The van der Waals surface area contributed by atoms with E-state index in [1.54, 1.807) is 12.1 Å². The van der Waals surface area contributed by atoms with Gasteiger partial charge in [-0.3, -0.25) is 4.79 Å². The van der Waals surface area contributed by atoms with E-state index in [9.17, 15) is 4.79 Å². The maximum atomic E-state index is 12.0. The number of halogens is 1. The molecule has 2 rings (SSSR count). The van der Waals surface area contributed by atoms with Crippen molar-refractivity contribution >= 4 is 23.7 Å². The fraction of sp³-hybridized carbons (Fsp3) is 0.300. The van der Waals surface area contributed by atoms with Crippen molar-refractivity contribution in [1.29, 1.82) is 0 Å². The summed E-state index contributed by atoms with van der Waals surface area (Å²) < 4.78 is 16.0. The van der Waals surface area contributed by atoms with E-state index >= 15 is 0 Å². The number of rotatable bonds is 8. The number of carbonyl (C=O) groups is 1. The number of methoxy groups -OCH3 is 2. The van der Waals surface area contributed by atoms with Crippen LogP contribution in [-0.4, -0.2) is 32.9 Å². The van der Waals surface area contributed by atoms with Gasteiger partial charge in [-0.05, 0) is 23.6 Å². The van der Waals surface area contributed by atoms with E-state index in [4.69, 9.17) is 25.8 Å². The van der Waals surface area contributed by atoms with E-state index in [2.05, 4.69) is 24.4 Å². The second-order valence-corrected chi connectivity index (χ2v) is 6.41. The van der Waals surface area contributed by atoms with Crippen LogP contribution in [0.1, 0.15) is 30.9 Å². The molecule has 6 nitrogen and oxygen atoms in total. The van der Waals surface area contributed by atoms with Crippen LogP contribution in [-0.2, 0) is 4.79 Å². The zero-order valence-electron chi connectivity index (χ0n) is 15.8. The summed E-state index contributed by atoms with van der Waals surface area (Å²) in [5, 5.41) is 4.34. The first kappa shape index (κ1) is 20.6. The van der Waals surface area contributed by atoms with Crippen molar-refractivity contribution in [3.63, 3.8) is 0 Å². The Kier molecular flexibility index (Phi) is 7.49. The number of hydrazone groups is 1. The summed E-state index contributed by atoms with van der Waals surface area (Å²) >= 11 is 6.18. The molecule has 0 spiro atoms. The van der Waals surface area contributed by atoms with Crippen LogP contribution < -0.4 is 19.6 Å². The molecule has 2 aromatic rings. The van der Waals surface area contributed by atoms with Crippen molar-refractivity contribution in [3.8, 4) is 17.2 Å². The summed E-state index contributed by atoms with van der Waals surface area (Å²) in [7, 11) is 3.06. The molecule has 0 atom stereocenters.